The molecule has 0 saturated carbocycles. The van der Waals surface area contributed by atoms with Crippen LogP contribution in [0.1, 0.15) is 33.3 Å². The van der Waals surface area contributed by atoms with Crippen LogP contribution in [0.4, 0.5) is 0 Å². The zero-order chi connectivity index (χ0) is 27.6. The zero-order valence-electron chi connectivity index (χ0n) is 24.0. The first-order valence-electron chi connectivity index (χ1n) is 14.2. The highest BCUT2D eigenvalue weighted by atomic mass is 16.8. The van der Waals surface area contributed by atoms with Gasteiger partial charge >= 0.3 is 0 Å². The van der Waals surface area contributed by atoms with Gasteiger partial charge in [-0.25, -0.2) is 0 Å². The highest BCUT2D eigenvalue weighted by Crippen LogP contribution is 2.31. The fraction of sp³-hybridized carbons (Fsp3) is 0.793. The Bertz CT molecular complexity index is 778. The monoisotopic (exact) mass is 553 g/mol. The Morgan fingerprint density at radius 1 is 0.564 bits per heavy atom. The van der Waals surface area contributed by atoms with E-state index in [0.29, 0.717) is 66.1 Å². The van der Waals surface area contributed by atoms with Gasteiger partial charge in [0.15, 0.2) is 11.6 Å². The Balaban J connectivity index is 1.32. The Morgan fingerprint density at radius 3 is 1.44 bits per heavy atom. The molecule has 0 bridgehead atoms. The largest absolute Gasteiger partial charge is 0.378 e. The maximum absolute atomic E-state index is 6.09. The second-order valence-corrected chi connectivity index (χ2v) is 11.1. The molecule has 10 nitrogen and oxygen atoms in total. The minimum absolute atomic E-state index is 0.226. The van der Waals surface area contributed by atoms with Crippen LogP contribution < -0.4 is 0 Å². The molecule has 4 atom stereocenters. The smallest absolute Gasteiger partial charge is 0.163 e. The molecule has 0 aromatic heterocycles. The van der Waals surface area contributed by atoms with E-state index in [2.05, 4.69) is 29.2 Å². The van der Waals surface area contributed by atoms with Crippen molar-refractivity contribution in [3.63, 3.8) is 0 Å². The first kappa shape index (κ1) is 30.8. The summed E-state index contributed by atoms with van der Waals surface area (Å²) in [6, 6.07) is 10.4. The van der Waals surface area contributed by atoms with E-state index in [9.17, 15) is 0 Å². The summed E-state index contributed by atoms with van der Waals surface area (Å²) in [5.74, 6) is -1.39. The lowest BCUT2D eigenvalue weighted by atomic mass is 10.2. The molecule has 3 aliphatic rings. The molecule has 1 aromatic carbocycles. The summed E-state index contributed by atoms with van der Waals surface area (Å²) in [7, 11) is 0. The summed E-state index contributed by atoms with van der Waals surface area (Å²) < 4.78 is 53.9. The second kappa shape index (κ2) is 15.2. The Labute approximate surface area is 233 Å². The minimum atomic E-state index is -0.694. The van der Waals surface area contributed by atoms with Crippen molar-refractivity contribution in [2.24, 2.45) is 0 Å². The lowest BCUT2D eigenvalue weighted by molar-refractivity contribution is -0.160. The lowest BCUT2D eigenvalue weighted by Crippen LogP contribution is -2.36. The van der Waals surface area contributed by atoms with Crippen LogP contribution in [0.5, 0.6) is 0 Å². The SMILES string of the molecule is CC1(C)O[C@H]2COCCOCCN(Cc3ccccc3)CCOCCOC[C@@H]3OC(C)(C)O[C@H]3COC[C@@H]2O1. The first-order valence-corrected chi connectivity index (χ1v) is 14.2. The van der Waals surface area contributed by atoms with E-state index in [1.165, 1.54) is 5.56 Å². The number of ether oxygens (including phenoxy) is 9. The summed E-state index contributed by atoms with van der Waals surface area (Å²) >= 11 is 0. The average Bonchev–Trinajstić information content (AvgIpc) is 3.35. The van der Waals surface area contributed by atoms with Gasteiger partial charge < -0.3 is 42.6 Å². The van der Waals surface area contributed by atoms with E-state index in [-0.39, 0.29) is 24.4 Å². The van der Waals surface area contributed by atoms with Gasteiger partial charge in [-0.3, -0.25) is 4.90 Å². The molecule has 0 N–H and O–H groups in total. The molecule has 0 radical (unpaired) electrons. The predicted molar refractivity (Wildman–Crippen MR) is 143 cm³/mol. The van der Waals surface area contributed by atoms with Gasteiger partial charge in [-0.1, -0.05) is 30.3 Å². The summed E-state index contributed by atoms with van der Waals surface area (Å²) in [5, 5.41) is 0. The standard InChI is InChI=1S/C29H47NO9/c1-28(2)36-24-19-33-16-14-31-12-10-30(18-23-8-6-5-7-9-23)11-13-32-15-17-34-20-25-27(39-29(3,4)37-25)22-35-21-26(24)38-28/h5-9,24-27H,10-22H2,1-4H3/t24-,25-,26-,27-/m0/s1. The molecule has 0 amide bonds. The van der Waals surface area contributed by atoms with Crippen molar-refractivity contribution in [2.45, 2.75) is 70.2 Å². The van der Waals surface area contributed by atoms with Crippen molar-refractivity contribution >= 4 is 0 Å². The van der Waals surface area contributed by atoms with Crippen LogP contribution in [0.2, 0.25) is 0 Å². The molecule has 10 heteroatoms. The molecule has 0 aliphatic carbocycles. The van der Waals surface area contributed by atoms with Crippen LogP contribution in [-0.4, -0.2) is 120 Å². The Kier molecular flexibility index (Phi) is 12.0. The maximum Gasteiger partial charge on any atom is 0.163 e. The molecule has 222 valence electrons. The third-order valence-corrected chi connectivity index (χ3v) is 6.80. The molecule has 3 saturated heterocycles. The highest BCUT2D eigenvalue weighted by Gasteiger charge is 2.44. The summed E-state index contributed by atoms with van der Waals surface area (Å²) in [6.07, 6.45) is -0.939. The van der Waals surface area contributed by atoms with E-state index in [1.807, 2.05) is 33.8 Å². The Morgan fingerprint density at radius 2 is 0.974 bits per heavy atom. The third kappa shape index (κ3) is 10.6. The minimum Gasteiger partial charge on any atom is -0.378 e. The van der Waals surface area contributed by atoms with Gasteiger partial charge in [0.05, 0.1) is 66.1 Å². The van der Waals surface area contributed by atoms with E-state index >= 15 is 0 Å². The van der Waals surface area contributed by atoms with Crippen molar-refractivity contribution < 1.29 is 42.6 Å². The van der Waals surface area contributed by atoms with Gasteiger partial charge in [-0.15, -0.1) is 0 Å². The van der Waals surface area contributed by atoms with Crippen LogP contribution in [0.15, 0.2) is 30.3 Å². The number of nitrogens with zero attached hydrogens (tertiary/aromatic N) is 1. The Hall–Kier alpha value is -1.18. The molecule has 3 aliphatic heterocycles. The van der Waals surface area contributed by atoms with Crippen LogP contribution in [0, 0.1) is 0 Å². The second-order valence-electron chi connectivity index (χ2n) is 11.1. The summed E-state index contributed by atoms with van der Waals surface area (Å²) in [6.45, 7) is 14.9. The van der Waals surface area contributed by atoms with Gasteiger partial charge in [0.25, 0.3) is 0 Å². The zero-order valence-corrected chi connectivity index (χ0v) is 24.0. The van der Waals surface area contributed by atoms with Crippen molar-refractivity contribution in [2.75, 3.05) is 79.2 Å². The van der Waals surface area contributed by atoms with Crippen LogP contribution in [0.25, 0.3) is 0 Å². The van der Waals surface area contributed by atoms with Crippen molar-refractivity contribution in [1.82, 2.24) is 4.90 Å². The molecule has 0 spiro atoms. The fourth-order valence-electron chi connectivity index (χ4n) is 5.02. The summed E-state index contributed by atoms with van der Waals surface area (Å²) in [4.78, 5) is 2.34. The molecular formula is C29H47NO9. The normalized spacial score (nSPS) is 32.4. The van der Waals surface area contributed by atoms with Crippen LogP contribution in [0.3, 0.4) is 0 Å². The number of hydrogen-bond acceptors (Lipinski definition) is 10. The first-order chi connectivity index (χ1) is 18.8. The van der Waals surface area contributed by atoms with E-state index in [0.717, 1.165) is 19.6 Å². The van der Waals surface area contributed by atoms with Gasteiger partial charge in [0.1, 0.15) is 24.4 Å². The average molecular weight is 554 g/mol. The topological polar surface area (TPSA) is 86.3 Å². The van der Waals surface area contributed by atoms with Crippen molar-refractivity contribution in [3.8, 4) is 0 Å². The third-order valence-electron chi connectivity index (χ3n) is 6.80. The molecule has 3 fully saturated rings. The lowest BCUT2D eigenvalue weighted by Gasteiger charge is -2.23. The van der Waals surface area contributed by atoms with Crippen LogP contribution >= 0.6 is 0 Å². The van der Waals surface area contributed by atoms with E-state index < -0.39 is 11.6 Å². The van der Waals surface area contributed by atoms with Gasteiger partial charge in [-0.05, 0) is 33.3 Å². The number of rotatable bonds is 2. The maximum atomic E-state index is 6.09. The van der Waals surface area contributed by atoms with Gasteiger partial charge in [0.2, 0.25) is 0 Å². The summed E-state index contributed by atoms with van der Waals surface area (Å²) in [5.41, 5.74) is 1.27. The van der Waals surface area contributed by atoms with Gasteiger partial charge in [0, 0.05) is 19.6 Å². The number of benzene rings is 1. The number of hydrogen-bond donors (Lipinski definition) is 0. The highest BCUT2D eigenvalue weighted by molar-refractivity contribution is 5.14. The predicted octanol–water partition coefficient (Wildman–Crippen LogP) is 2.63. The quantitative estimate of drug-likeness (QED) is 0.545. The van der Waals surface area contributed by atoms with Crippen molar-refractivity contribution in [1.29, 1.82) is 0 Å². The van der Waals surface area contributed by atoms with Crippen LogP contribution in [-0.2, 0) is 49.2 Å². The molecule has 0 unspecified atom stereocenters. The van der Waals surface area contributed by atoms with Crippen molar-refractivity contribution in [3.05, 3.63) is 35.9 Å². The fourth-order valence-corrected chi connectivity index (χ4v) is 5.02. The molecule has 39 heavy (non-hydrogen) atoms. The molecule has 4 rings (SSSR count). The number of fused-ring (bicyclic) bond motifs is 2. The molecular weight excluding hydrogens is 506 g/mol. The van der Waals surface area contributed by atoms with E-state index in [1.54, 1.807) is 0 Å². The van der Waals surface area contributed by atoms with E-state index in [4.69, 9.17) is 42.6 Å². The van der Waals surface area contributed by atoms with Gasteiger partial charge in [-0.2, -0.15) is 0 Å². The molecule has 1 aromatic rings. The molecule has 3 heterocycles.